The van der Waals surface area contributed by atoms with E-state index >= 15 is 0 Å². The van der Waals surface area contributed by atoms with Crippen LogP contribution in [0.25, 0.3) is 11.0 Å². The van der Waals surface area contributed by atoms with Crippen LogP contribution in [-0.4, -0.2) is 27.7 Å². The van der Waals surface area contributed by atoms with Gasteiger partial charge in [-0.1, -0.05) is 20.8 Å². The maximum Gasteiger partial charge on any atom is 0.416 e. The third-order valence-corrected chi connectivity index (χ3v) is 6.44. The number of benzene rings is 2. The average Bonchev–Trinajstić information content (AvgIpc) is 3.07. The number of nitrogens with one attached hydrogen (secondary N) is 1. The first-order valence-corrected chi connectivity index (χ1v) is 11.2. The van der Waals surface area contributed by atoms with E-state index in [1.807, 2.05) is 4.57 Å². The molecule has 4 rings (SSSR count). The van der Waals surface area contributed by atoms with Crippen LogP contribution in [0.4, 0.5) is 24.8 Å². The monoisotopic (exact) mass is 475 g/mol. The third-order valence-electron chi connectivity index (χ3n) is 6.44. The molecular weight excluding hydrogens is 447 g/mol. The van der Waals surface area contributed by atoms with Gasteiger partial charge in [0.2, 0.25) is 5.95 Å². The Kier molecular flexibility index (Phi) is 5.99. The minimum absolute atomic E-state index is 0.00179. The molecule has 0 spiro atoms. The van der Waals surface area contributed by atoms with E-state index in [9.17, 15) is 23.1 Å². The Hall–Kier alpha value is -3.23. The standard InChI is InChI=1S/C25H28F3N3O3/c1-14-9-17(13-24(2,3)12-14)31-20-11-21(34-4)18(22(32)33)10-19(20)30-23(31)29-16-7-5-15(6-8-16)25(26,27)28/h5-8,10-11,14,17H,9,12-13H2,1-4H3,(H,29,30)(H,32,33)/t14-,17+/m0/s1. The minimum atomic E-state index is -4.42. The summed E-state index contributed by atoms with van der Waals surface area (Å²) in [5, 5.41) is 12.8. The number of carboxylic acids is 1. The Morgan fingerprint density at radius 3 is 2.44 bits per heavy atom. The number of methoxy groups -OCH3 is 1. The van der Waals surface area contributed by atoms with Crippen molar-refractivity contribution >= 4 is 28.6 Å². The van der Waals surface area contributed by atoms with E-state index in [1.165, 1.54) is 25.3 Å². The molecular formula is C25H28F3N3O3. The molecule has 9 heteroatoms. The van der Waals surface area contributed by atoms with Gasteiger partial charge >= 0.3 is 12.1 Å². The highest BCUT2D eigenvalue weighted by molar-refractivity contribution is 5.96. The van der Waals surface area contributed by atoms with Gasteiger partial charge in [0.15, 0.2) is 0 Å². The van der Waals surface area contributed by atoms with Gasteiger partial charge in [0.1, 0.15) is 11.3 Å². The number of halogens is 3. The van der Waals surface area contributed by atoms with Crippen molar-refractivity contribution in [2.75, 3.05) is 12.4 Å². The maximum absolute atomic E-state index is 13.0. The second-order valence-electron chi connectivity index (χ2n) is 9.92. The number of carbonyl (C=O) groups is 1. The largest absolute Gasteiger partial charge is 0.496 e. The molecule has 2 atom stereocenters. The number of aromatic nitrogens is 2. The van der Waals surface area contributed by atoms with Crippen LogP contribution in [0.15, 0.2) is 36.4 Å². The minimum Gasteiger partial charge on any atom is -0.496 e. The first kappa shape index (κ1) is 23.9. The number of hydrogen-bond donors (Lipinski definition) is 2. The van der Waals surface area contributed by atoms with Crippen molar-refractivity contribution in [2.24, 2.45) is 11.3 Å². The molecule has 1 aliphatic carbocycles. The molecule has 6 nitrogen and oxygen atoms in total. The molecule has 1 aliphatic rings. The summed E-state index contributed by atoms with van der Waals surface area (Å²) in [7, 11) is 1.42. The fraction of sp³-hybridized carbons (Fsp3) is 0.440. The molecule has 1 fully saturated rings. The zero-order chi connectivity index (χ0) is 24.8. The van der Waals surface area contributed by atoms with Gasteiger partial charge in [0, 0.05) is 17.8 Å². The number of fused-ring (bicyclic) bond motifs is 1. The molecule has 2 N–H and O–H groups in total. The predicted octanol–water partition coefficient (Wildman–Crippen LogP) is 6.89. The van der Waals surface area contributed by atoms with Crippen molar-refractivity contribution in [1.29, 1.82) is 0 Å². The zero-order valence-corrected chi connectivity index (χ0v) is 19.5. The summed E-state index contributed by atoms with van der Waals surface area (Å²) in [6.07, 6.45) is -1.55. The number of aromatic carboxylic acids is 1. The van der Waals surface area contributed by atoms with E-state index in [0.717, 1.165) is 31.4 Å². The zero-order valence-electron chi connectivity index (χ0n) is 19.5. The topological polar surface area (TPSA) is 76.4 Å². The van der Waals surface area contributed by atoms with Gasteiger partial charge in [0.25, 0.3) is 0 Å². The van der Waals surface area contributed by atoms with E-state index in [1.54, 1.807) is 6.07 Å². The summed E-state index contributed by atoms with van der Waals surface area (Å²) in [6.45, 7) is 6.65. The summed E-state index contributed by atoms with van der Waals surface area (Å²) < 4.78 is 46.3. The van der Waals surface area contributed by atoms with Crippen molar-refractivity contribution < 1.29 is 27.8 Å². The smallest absolute Gasteiger partial charge is 0.416 e. The van der Waals surface area contributed by atoms with Gasteiger partial charge in [-0.15, -0.1) is 0 Å². The Balaban J connectivity index is 1.84. The van der Waals surface area contributed by atoms with Crippen LogP contribution >= 0.6 is 0 Å². The fourth-order valence-electron chi connectivity index (χ4n) is 5.28. The lowest BCUT2D eigenvalue weighted by molar-refractivity contribution is -0.137. The lowest BCUT2D eigenvalue weighted by Gasteiger charge is -2.40. The number of imidazole rings is 1. The average molecular weight is 476 g/mol. The second-order valence-corrected chi connectivity index (χ2v) is 9.92. The molecule has 34 heavy (non-hydrogen) atoms. The van der Waals surface area contributed by atoms with Gasteiger partial charge < -0.3 is 19.7 Å². The molecule has 0 aliphatic heterocycles. The first-order valence-electron chi connectivity index (χ1n) is 11.2. The van der Waals surface area contributed by atoms with Crippen LogP contribution in [0.2, 0.25) is 0 Å². The van der Waals surface area contributed by atoms with Crippen LogP contribution in [0.5, 0.6) is 5.75 Å². The highest BCUT2D eigenvalue weighted by Gasteiger charge is 2.35. The molecule has 3 aromatic rings. The van der Waals surface area contributed by atoms with Crippen molar-refractivity contribution in [2.45, 2.75) is 52.3 Å². The van der Waals surface area contributed by atoms with Crippen molar-refractivity contribution in [3.05, 3.63) is 47.5 Å². The van der Waals surface area contributed by atoms with Gasteiger partial charge in [-0.3, -0.25) is 0 Å². The molecule has 1 saturated carbocycles. The highest BCUT2D eigenvalue weighted by atomic mass is 19.4. The van der Waals surface area contributed by atoms with E-state index in [2.05, 4.69) is 31.1 Å². The predicted molar refractivity (Wildman–Crippen MR) is 124 cm³/mol. The van der Waals surface area contributed by atoms with E-state index in [4.69, 9.17) is 4.74 Å². The molecule has 2 aromatic carbocycles. The van der Waals surface area contributed by atoms with Crippen LogP contribution in [0.3, 0.4) is 0 Å². The maximum atomic E-state index is 13.0. The summed E-state index contributed by atoms with van der Waals surface area (Å²) in [6, 6.07) is 7.99. The van der Waals surface area contributed by atoms with Crippen molar-refractivity contribution in [3.63, 3.8) is 0 Å². The lowest BCUT2D eigenvalue weighted by Crippen LogP contribution is -2.29. The third kappa shape index (κ3) is 4.69. The normalized spacial score (nSPS) is 20.3. The van der Waals surface area contributed by atoms with Gasteiger partial charge in [-0.05, 0) is 60.9 Å². The summed E-state index contributed by atoms with van der Waals surface area (Å²) in [5.41, 5.74) is 1.01. The SMILES string of the molecule is COc1cc2c(cc1C(=O)O)nc(Nc1ccc(C(F)(F)F)cc1)n2[C@@H]1C[C@H](C)CC(C)(C)C1. The van der Waals surface area contributed by atoms with Gasteiger partial charge in [0.05, 0.1) is 23.7 Å². The number of rotatable bonds is 5. The van der Waals surface area contributed by atoms with Crippen LogP contribution in [0, 0.1) is 11.3 Å². The molecule has 0 radical (unpaired) electrons. The number of alkyl halides is 3. The Labute approximate surface area is 195 Å². The molecule has 0 bridgehead atoms. The Bertz CT molecular complexity index is 1220. The van der Waals surface area contributed by atoms with E-state index in [-0.39, 0.29) is 22.8 Å². The van der Waals surface area contributed by atoms with E-state index in [0.29, 0.717) is 28.6 Å². The first-order chi connectivity index (χ1) is 15.9. The fourth-order valence-corrected chi connectivity index (χ4v) is 5.28. The number of nitrogens with zero attached hydrogens (tertiary/aromatic N) is 2. The number of ether oxygens (including phenoxy) is 1. The summed E-state index contributed by atoms with van der Waals surface area (Å²) in [4.78, 5) is 16.4. The molecule has 1 aromatic heterocycles. The lowest BCUT2D eigenvalue weighted by atomic mass is 9.70. The van der Waals surface area contributed by atoms with Gasteiger partial charge in [-0.2, -0.15) is 13.2 Å². The number of carboxylic acid groups (broad SMARTS) is 1. The quantitative estimate of drug-likeness (QED) is 0.420. The second kappa shape index (κ2) is 8.52. The van der Waals surface area contributed by atoms with Crippen molar-refractivity contribution in [1.82, 2.24) is 9.55 Å². The molecule has 182 valence electrons. The Morgan fingerprint density at radius 1 is 1.21 bits per heavy atom. The van der Waals surface area contributed by atoms with Crippen molar-refractivity contribution in [3.8, 4) is 5.75 Å². The van der Waals surface area contributed by atoms with E-state index < -0.39 is 17.7 Å². The molecule has 1 heterocycles. The Morgan fingerprint density at radius 2 is 1.88 bits per heavy atom. The summed E-state index contributed by atoms with van der Waals surface area (Å²) >= 11 is 0. The molecule has 0 saturated heterocycles. The summed E-state index contributed by atoms with van der Waals surface area (Å²) in [5.74, 6) is 0.0166. The molecule has 0 amide bonds. The van der Waals surface area contributed by atoms with Crippen LogP contribution in [0.1, 0.15) is 62.0 Å². The van der Waals surface area contributed by atoms with Crippen LogP contribution in [-0.2, 0) is 6.18 Å². The highest BCUT2D eigenvalue weighted by Crippen LogP contribution is 2.46. The van der Waals surface area contributed by atoms with Crippen LogP contribution < -0.4 is 10.1 Å². The number of anilines is 2. The molecule has 0 unspecified atom stereocenters. The van der Waals surface area contributed by atoms with Gasteiger partial charge in [-0.25, -0.2) is 9.78 Å². The number of hydrogen-bond acceptors (Lipinski definition) is 4.